The normalized spacial score (nSPS) is 11.3. The lowest BCUT2D eigenvalue weighted by Gasteiger charge is -2.04. The number of thiazole rings is 1. The molecule has 3 aromatic rings. The van der Waals surface area contributed by atoms with Crippen molar-refractivity contribution in [2.45, 2.75) is 16.8 Å². The number of aliphatic hydroxyl groups is 1. The first-order valence-electron chi connectivity index (χ1n) is 5.50. The maximum Gasteiger partial charge on any atom is 0.339 e. The highest BCUT2D eigenvalue weighted by molar-refractivity contribution is 7.99. The van der Waals surface area contributed by atoms with E-state index in [-0.39, 0.29) is 6.61 Å². The number of nitrogens with zero attached hydrogens (tertiary/aromatic N) is 4. The second-order valence-electron chi connectivity index (χ2n) is 3.88. The molecule has 0 amide bonds. The Morgan fingerprint density at radius 3 is 3.00 bits per heavy atom. The molecule has 20 heavy (non-hydrogen) atoms. The molecule has 10 heteroatoms. The lowest BCUT2D eigenvalue weighted by molar-refractivity contribution is 0.272. The van der Waals surface area contributed by atoms with E-state index in [0.717, 1.165) is 16.7 Å². The van der Waals surface area contributed by atoms with Crippen molar-refractivity contribution in [3.05, 3.63) is 38.0 Å². The van der Waals surface area contributed by atoms with Crippen LogP contribution in [0.5, 0.6) is 0 Å². The van der Waals surface area contributed by atoms with Gasteiger partial charge in [-0.25, -0.2) is 4.98 Å². The Hall–Kier alpha value is -1.91. The number of aryl methyl sites for hydroxylation is 1. The van der Waals surface area contributed by atoms with Crippen LogP contribution in [0.3, 0.4) is 0 Å². The zero-order valence-electron chi connectivity index (χ0n) is 10.2. The van der Waals surface area contributed by atoms with Gasteiger partial charge in [0, 0.05) is 18.6 Å². The molecule has 0 bridgehead atoms. The van der Waals surface area contributed by atoms with Crippen molar-refractivity contribution in [1.29, 1.82) is 0 Å². The van der Waals surface area contributed by atoms with Gasteiger partial charge in [0.15, 0.2) is 10.1 Å². The van der Waals surface area contributed by atoms with Crippen molar-refractivity contribution < 1.29 is 5.11 Å². The van der Waals surface area contributed by atoms with Crippen molar-refractivity contribution >= 4 is 28.1 Å². The number of imidazole rings is 1. The monoisotopic (exact) mass is 311 g/mol. The average Bonchev–Trinajstić information content (AvgIpc) is 2.96. The summed E-state index contributed by atoms with van der Waals surface area (Å²) < 4.78 is 3.12. The maximum atomic E-state index is 11.3. The van der Waals surface area contributed by atoms with Gasteiger partial charge in [0.05, 0.1) is 12.3 Å². The number of aromatic nitrogens is 5. The second-order valence-corrected chi connectivity index (χ2v) is 5.71. The number of H-pyrrole nitrogens is 1. The van der Waals surface area contributed by atoms with E-state index in [1.807, 2.05) is 11.6 Å². The third-order valence-electron chi connectivity index (χ3n) is 2.61. The largest absolute Gasteiger partial charge is 0.390 e. The smallest absolute Gasteiger partial charge is 0.339 e. The Labute approximate surface area is 119 Å². The molecule has 2 N–H and O–H groups in total. The third kappa shape index (κ3) is 2.07. The van der Waals surface area contributed by atoms with E-state index in [1.165, 1.54) is 16.0 Å². The molecule has 3 rings (SSSR count). The minimum absolute atomic E-state index is 0.183. The van der Waals surface area contributed by atoms with Crippen LogP contribution in [0, 0.1) is 0 Å². The molecule has 0 fully saturated rings. The van der Waals surface area contributed by atoms with Gasteiger partial charge in [0.25, 0.3) is 0 Å². The minimum Gasteiger partial charge on any atom is -0.390 e. The second kappa shape index (κ2) is 4.89. The summed E-state index contributed by atoms with van der Waals surface area (Å²) in [6.45, 7) is -0.183. The highest BCUT2D eigenvalue weighted by Crippen LogP contribution is 2.29. The first-order valence-corrected chi connectivity index (χ1v) is 7.20. The summed E-state index contributed by atoms with van der Waals surface area (Å²) in [7, 11) is 1.58. The standard InChI is InChI=1S/C10H9N5O3S2/c1-14-9(11-6(17)7(18)13-14)20-8-5(4-16)15-2-3-19-10(15)12-8/h2-3,16H,4H2,1H3,(H,13,18). The van der Waals surface area contributed by atoms with E-state index in [4.69, 9.17) is 0 Å². The first kappa shape index (κ1) is 13.1. The summed E-state index contributed by atoms with van der Waals surface area (Å²) in [6.07, 6.45) is 1.81. The number of fused-ring (bicyclic) bond motifs is 1. The van der Waals surface area contributed by atoms with Crippen LogP contribution in [-0.4, -0.2) is 29.3 Å². The zero-order valence-corrected chi connectivity index (χ0v) is 11.9. The fraction of sp³-hybridized carbons (Fsp3) is 0.200. The van der Waals surface area contributed by atoms with Crippen LogP contribution in [0.4, 0.5) is 0 Å². The molecule has 0 radical (unpaired) electrons. The fourth-order valence-electron chi connectivity index (χ4n) is 1.68. The van der Waals surface area contributed by atoms with Gasteiger partial charge in [-0.05, 0) is 11.8 Å². The van der Waals surface area contributed by atoms with E-state index < -0.39 is 11.1 Å². The van der Waals surface area contributed by atoms with Crippen molar-refractivity contribution in [1.82, 2.24) is 24.1 Å². The molecule has 8 nitrogen and oxygen atoms in total. The van der Waals surface area contributed by atoms with Crippen LogP contribution in [0.1, 0.15) is 5.69 Å². The van der Waals surface area contributed by atoms with Gasteiger partial charge in [0.1, 0.15) is 5.03 Å². The number of hydrogen-bond donors (Lipinski definition) is 2. The molecule has 3 aromatic heterocycles. The average molecular weight is 311 g/mol. The van der Waals surface area contributed by atoms with E-state index in [0.29, 0.717) is 15.9 Å². The van der Waals surface area contributed by atoms with Gasteiger partial charge < -0.3 is 5.11 Å². The number of aromatic amines is 1. The van der Waals surface area contributed by atoms with Crippen molar-refractivity contribution in [3.63, 3.8) is 0 Å². The molecular formula is C10H9N5O3S2. The molecule has 0 saturated heterocycles. The minimum atomic E-state index is -0.850. The molecule has 104 valence electrons. The lowest BCUT2D eigenvalue weighted by atomic mass is 10.5. The SMILES string of the molecule is Cn1[nH]c(=O)c(=O)nc1Sc1nc2sccn2c1CO. The number of hydrogen-bond acceptors (Lipinski definition) is 7. The molecule has 0 spiro atoms. The van der Waals surface area contributed by atoms with Gasteiger partial charge >= 0.3 is 11.1 Å². The van der Waals surface area contributed by atoms with Crippen molar-refractivity contribution in [2.75, 3.05) is 0 Å². The van der Waals surface area contributed by atoms with Crippen LogP contribution in [-0.2, 0) is 13.7 Å². The Balaban J connectivity index is 2.09. The van der Waals surface area contributed by atoms with Gasteiger partial charge in [-0.3, -0.25) is 23.8 Å². The quantitative estimate of drug-likeness (QED) is 0.650. The van der Waals surface area contributed by atoms with Gasteiger partial charge in [-0.2, -0.15) is 4.98 Å². The van der Waals surface area contributed by atoms with Crippen molar-refractivity contribution in [3.8, 4) is 0 Å². The molecule has 0 aliphatic carbocycles. The number of nitrogens with one attached hydrogen (secondary N) is 1. The molecule has 0 aliphatic rings. The lowest BCUT2D eigenvalue weighted by Crippen LogP contribution is -2.33. The summed E-state index contributed by atoms with van der Waals surface area (Å²) in [5.74, 6) is 0. The topological polar surface area (TPSA) is 105 Å². The summed E-state index contributed by atoms with van der Waals surface area (Å²) in [5.41, 5.74) is -1.01. The number of aliphatic hydroxyl groups excluding tert-OH is 1. The molecule has 0 atom stereocenters. The molecule has 0 aromatic carbocycles. The van der Waals surface area contributed by atoms with E-state index in [2.05, 4.69) is 15.1 Å². The zero-order chi connectivity index (χ0) is 14.3. The Morgan fingerprint density at radius 1 is 1.45 bits per heavy atom. The third-order valence-corrected chi connectivity index (χ3v) is 4.43. The Kier molecular flexibility index (Phi) is 3.20. The van der Waals surface area contributed by atoms with E-state index >= 15 is 0 Å². The highest BCUT2D eigenvalue weighted by Gasteiger charge is 2.16. The Bertz CT molecular complexity index is 890. The Morgan fingerprint density at radius 2 is 2.25 bits per heavy atom. The van der Waals surface area contributed by atoms with Gasteiger partial charge in [-0.1, -0.05) is 0 Å². The van der Waals surface area contributed by atoms with Crippen LogP contribution in [0.15, 0.2) is 31.3 Å². The van der Waals surface area contributed by atoms with Crippen LogP contribution >= 0.6 is 23.1 Å². The first-order chi connectivity index (χ1) is 9.60. The van der Waals surface area contributed by atoms with Crippen LogP contribution in [0.25, 0.3) is 4.96 Å². The molecule has 0 saturated carbocycles. The van der Waals surface area contributed by atoms with E-state index in [1.54, 1.807) is 11.4 Å². The summed E-state index contributed by atoms with van der Waals surface area (Å²) >= 11 is 2.55. The summed E-state index contributed by atoms with van der Waals surface area (Å²) in [5, 5.41) is 14.5. The van der Waals surface area contributed by atoms with Crippen molar-refractivity contribution in [2.24, 2.45) is 7.05 Å². The summed E-state index contributed by atoms with van der Waals surface area (Å²) in [6, 6.07) is 0. The summed E-state index contributed by atoms with van der Waals surface area (Å²) in [4.78, 5) is 31.3. The van der Waals surface area contributed by atoms with E-state index in [9.17, 15) is 14.7 Å². The van der Waals surface area contributed by atoms with Crippen LogP contribution in [0.2, 0.25) is 0 Å². The number of rotatable bonds is 3. The van der Waals surface area contributed by atoms with Gasteiger partial charge in [-0.15, -0.1) is 11.3 Å². The molecular weight excluding hydrogens is 302 g/mol. The molecule has 0 aliphatic heterocycles. The highest BCUT2D eigenvalue weighted by atomic mass is 32.2. The predicted molar refractivity (Wildman–Crippen MR) is 73.2 cm³/mol. The molecule has 3 heterocycles. The van der Waals surface area contributed by atoms with Gasteiger partial charge in [0.2, 0.25) is 0 Å². The predicted octanol–water partition coefficient (Wildman–Crippen LogP) is -0.179. The fourth-order valence-corrected chi connectivity index (χ4v) is 3.36. The molecule has 0 unspecified atom stereocenters. The van der Waals surface area contributed by atoms with Crippen LogP contribution < -0.4 is 11.1 Å². The maximum absolute atomic E-state index is 11.3.